The average molecular weight is 404 g/mol. The predicted octanol–water partition coefficient (Wildman–Crippen LogP) is 1.55. The van der Waals surface area contributed by atoms with Gasteiger partial charge in [-0.3, -0.25) is 29.2 Å². The number of fused-ring (bicyclic) bond motifs is 1. The number of nitro benzene ring substituents is 1. The van der Waals surface area contributed by atoms with E-state index in [-0.39, 0.29) is 29.6 Å². The van der Waals surface area contributed by atoms with E-state index in [0.29, 0.717) is 12.1 Å². The number of rotatable bonds is 7. The number of nitrogens with one attached hydrogen (secondary N) is 2. The topological polar surface area (TPSA) is 149 Å². The van der Waals surface area contributed by atoms with Gasteiger partial charge in [0.25, 0.3) is 5.69 Å². The Balaban J connectivity index is 2.07. The van der Waals surface area contributed by atoms with Crippen LogP contribution < -0.4 is 11.1 Å². The Labute approximate surface area is 158 Å². The molecule has 0 spiro atoms. The Morgan fingerprint density at radius 2 is 1.75 bits per heavy atom. The van der Waals surface area contributed by atoms with Gasteiger partial charge < -0.3 is 14.9 Å². The number of nitro groups is 1. The third-order valence-corrected chi connectivity index (χ3v) is 4.83. The summed E-state index contributed by atoms with van der Waals surface area (Å²) in [4.78, 5) is 49.8. The van der Waals surface area contributed by atoms with Crippen LogP contribution in [0.2, 0.25) is 0 Å². The molecule has 3 rings (SSSR count). The lowest BCUT2D eigenvalue weighted by Crippen LogP contribution is -2.30. The van der Waals surface area contributed by atoms with E-state index in [0.717, 1.165) is 11.6 Å². The predicted molar refractivity (Wildman–Crippen MR) is 104 cm³/mol. The van der Waals surface area contributed by atoms with E-state index < -0.39 is 24.1 Å². The number of aromatic nitrogens is 2. The number of hydrogen-bond donors (Lipinski definition) is 3. The molecule has 0 aliphatic rings. The van der Waals surface area contributed by atoms with Gasteiger partial charge in [0.15, 0.2) is 0 Å². The maximum absolute atomic E-state index is 11.7. The summed E-state index contributed by atoms with van der Waals surface area (Å²) >= 11 is 0. The van der Waals surface area contributed by atoms with E-state index in [1.165, 1.54) is 6.07 Å². The van der Waals surface area contributed by atoms with Gasteiger partial charge in [-0.25, -0.2) is 0 Å². The summed E-state index contributed by atoms with van der Waals surface area (Å²) in [5.41, 5.74) is -0.454. The Morgan fingerprint density at radius 3 is 2.39 bits per heavy atom. The highest BCUT2D eigenvalue weighted by Gasteiger charge is 2.17. The van der Waals surface area contributed by atoms with Crippen molar-refractivity contribution in [3.63, 3.8) is 0 Å². The minimum atomic E-state index is -2.85. The third-order valence-electron chi connectivity index (χ3n) is 4.11. The second kappa shape index (κ2) is 8.30. The van der Waals surface area contributed by atoms with Crippen LogP contribution in [0.1, 0.15) is 11.1 Å². The second-order valence-corrected chi connectivity index (χ2v) is 7.32. The Bertz CT molecular complexity index is 1160. The van der Waals surface area contributed by atoms with Gasteiger partial charge in [-0.2, -0.15) is 0 Å². The molecule has 146 valence electrons. The first kappa shape index (κ1) is 19.7. The van der Waals surface area contributed by atoms with E-state index in [9.17, 15) is 29.2 Å². The van der Waals surface area contributed by atoms with Gasteiger partial charge in [0.2, 0.25) is 8.03 Å². The third kappa shape index (κ3) is 4.61. The van der Waals surface area contributed by atoms with Crippen molar-refractivity contribution in [3.05, 3.63) is 84.4 Å². The summed E-state index contributed by atoms with van der Waals surface area (Å²) in [5, 5.41) is 11.2. The molecule has 11 heteroatoms. The highest BCUT2D eigenvalue weighted by Crippen LogP contribution is 2.25. The summed E-state index contributed by atoms with van der Waals surface area (Å²) in [7, 11) is -2.85. The standard InChI is InChI=1S/C17H17N4O6P/c22-16-17(23)19-15-12(6-13(21(24)25)7-14(15)18-16)9-20(10-28(26)27)8-11-4-2-1-3-5-11/h1-7,28H,8-10H2,(H,18,22)(H,19,23)(H,26,27). The smallest absolute Gasteiger partial charge is 0.314 e. The second-order valence-electron chi connectivity index (χ2n) is 6.22. The molecular weight excluding hydrogens is 387 g/mol. The van der Waals surface area contributed by atoms with Crippen LogP contribution >= 0.6 is 8.03 Å². The number of nitrogens with zero attached hydrogens (tertiary/aromatic N) is 2. The number of hydrogen-bond acceptors (Lipinski definition) is 6. The Kier molecular flexibility index (Phi) is 5.84. The van der Waals surface area contributed by atoms with Crippen LogP contribution in [-0.2, 0) is 17.7 Å². The van der Waals surface area contributed by atoms with Gasteiger partial charge in [0.05, 0.1) is 22.2 Å². The molecule has 0 aliphatic carbocycles. The molecule has 2 aromatic carbocycles. The van der Waals surface area contributed by atoms with Gasteiger partial charge in [0, 0.05) is 25.2 Å². The quantitative estimate of drug-likeness (QED) is 0.234. The van der Waals surface area contributed by atoms with Crippen LogP contribution in [-0.4, -0.2) is 31.0 Å². The molecule has 1 heterocycles. The highest BCUT2D eigenvalue weighted by molar-refractivity contribution is 7.37. The molecule has 1 unspecified atom stereocenters. The number of H-pyrrole nitrogens is 2. The van der Waals surface area contributed by atoms with Crippen LogP contribution in [0, 0.1) is 10.1 Å². The zero-order valence-electron chi connectivity index (χ0n) is 14.5. The Hall–Kier alpha value is -3.07. The molecule has 0 amide bonds. The van der Waals surface area contributed by atoms with Crippen LogP contribution in [0.25, 0.3) is 11.0 Å². The van der Waals surface area contributed by atoms with Gasteiger partial charge in [-0.05, 0) is 11.1 Å². The van der Waals surface area contributed by atoms with Crippen LogP contribution in [0.5, 0.6) is 0 Å². The zero-order chi connectivity index (χ0) is 20.3. The van der Waals surface area contributed by atoms with Crippen molar-refractivity contribution in [1.29, 1.82) is 0 Å². The lowest BCUT2D eigenvalue weighted by atomic mass is 10.1. The van der Waals surface area contributed by atoms with Crippen molar-refractivity contribution >= 4 is 24.7 Å². The van der Waals surface area contributed by atoms with E-state index in [2.05, 4.69) is 9.97 Å². The maximum Gasteiger partial charge on any atom is 0.314 e. The largest absolute Gasteiger partial charge is 0.345 e. The molecule has 0 saturated heterocycles. The van der Waals surface area contributed by atoms with Gasteiger partial charge >= 0.3 is 11.1 Å². The summed E-state index contributed by atoms with van der Waals surface area (Å²) in [5.74, 6) is 0. The fraction of sp³-hybridized carbons (Fsp3) is 0.176. The maximum atomic E-state index is 11.7. The number of non-ortho nitro benzene ring substituents is 1. The SMILES string of the molecule is O=c1[nH]c2cc([N+](=O)[O-])cc(CN(Cc3ccccc3)C[PH](=O)O)c2[nH]c1=O. The molecule has 3 aromatic rings. The van der Waals surface area contributed by atoms with Crippen molar-refractivity contribution in [1.82, 2.24) is 14.9 Å². The molecule has 28 heavy (non-hydrogen) atoms. The average Bonchev–Trinajstić information content (AvgIpc) is 2.63. The molecule has 0 fully saturated rings. The lowest BCUT2D eigenvalue weighted by Gasteiger charge is -2.21. The molecule has 1 atom stereocenters. The van der Waals surface area contributed by atoms with Crippen molar-refractivity contribution in [3.8, 4) is 0 Å². The van der Waals surface area contributed by atoms with E-state index in [4.69, 9.17) is 0 Å². The summed E-state index contributed by atoms with van der Waals surface area (Å²) in [6.45, 7) is 0.390. The van der Waals surface area contributed by atoms with Crippen molar-refractivity contribution in [2.24, 2.45) is 0 Å². The highest BCUT2D eigenvalue weighted by atomic mass is 31.1. The molecule has 0 saturated carbocycles. The summed E-state index contributed by atoms with van der Waals surface area (Å²) in [6, 6.07) is 11.7. The van der Waals surface area contributed by atoms with Crippen molar-refractivity contribution in [2.75, 3.05) is 6.29 Å². The summed E-state index contributed by atoms with van der Waals surface area (Å²) < 4.78 is 11.5. The van der Waals surface area contributed by atoms with Crippen LogP contribution in [0.3, 0.4) is 0 Å². The molecule has 0 bridgehead atoms. The minimum Gasteiger partial charge on any atom is -0.345 e. The number of benzene rings is 2. The molecular formula is C17H17N4O6P. The first-order chi connectivity index (χ1) is 13.3. The zero-order valence-corrected chi connectivity index (χ0v) is 15.5. The monoisotopic (exact) mass is 404 g/mol. The van der Waals surface area contributed by atoms with Crippen molar-refractivity contribution < 1.29 is 14.4 Å². The van der Waals surface area contributed by atoms with E-state index in [1.807, 2.05) is 30.3 Å². The van der Waals surface area contributed by atoms with Crippen LogP contribution in [0.15, 0.2) is 52.1 Å². The summed E-state index contributed by atoms with van der Waals surface area (Å²) in [6.07, 6.45) is -0.128. The molecule has 0 radical (unpaired) electrons. The minimum absolute atomic E-state index is 0.0615. The van der Waals surface area contributed by atoms with Gasteiger partial charge in [-0.15, -0.1) is 0 Å². The fourth-order valence-electron chi connectivity index (χ4n) is 2.95. The first-order valence-corrected chi connectivity index (χ1v) is 9.81. The van der Waals surface area contributed by atoms with Crippen molar-refractivity contribution in [2.45, 2.75) is 13.1 Å². The number of aromatic amines is 2. The lowest BCUT2D eigenvalue weighted by molar-refractivity contribution is -0.384. The molecule has 1 aromatic heterocycles. The fourth-order valence-corrected chi connectivity index (χ4v) is 3.56. The molecule has 0 aliphatic heterocycles. The van der Waals surface area contributed by atoms with Gasteiger partial charge in [-0.1, -0.05) is 30.3 Å². The van der Waals surface area contributed by atoms with Crippen LogP contribution in [0.4, 0.5) is 5.69 Å². The molecule has 10 nitrogen and oxygen atoms in total. The molecule has 3 N–H and O–H groups in total. The van der Waals surface area contributed by atoms with E-state index in [1.54, 1.807) is 4.90 Å². The first-order valence-electron chi connectivity index (χ1n) is 8.25. The Morgan fingerprint density at radius 1 is 1.07 bits per heavy atom. The van der Waals surface area contributed by atoms with E-state index >= 15 is 0 Å². The van der Waals surface area contributed by atoms with Gasteiger partial charge in [0.1, 0.15) is 0 Å². The normalized spacial score (nSPS) is 12.4.